The molecule has 1 aliphatic rings. The van der Waals surface area contributed by atoms with Crippen LogP contribution in [0.25, 0.3) is 0 Å². The average Bonchev–Trinajstić information content (AvgIpc) is 2.16. The zero-order chi connectivity index (χ0) is 11.4. The molecule has 0 spiro atoms. The molecule has 0 aromatic heterocycles. The van der Waals surface area contributed by atoms with Crippen LogP contribution in [0.15, 0.2) is 0 Å². The fourth-order valence-corrected chi connectivity index (χ4v) is 2.51. The second kappa shape index (κ2) is 5.86. The molecule has 3 atom stereocenters. The van der Waals surface area contributed by atoms with Gasteiger partial charge in [-0.25, -0.2) is 0 Å². The van der Waals surface area contributed by atoms with Gasteiger partial charge in [-0.2, -0.15) is 0 Å². The molecule has 0 saturated heterocycles. The zero-order valence-electron chi connectivity index (χ0n) is 10.9. The Morgan fingerprint density at radius 3 is 2.27 bits per heavy atom. The zero-order valence-corrected chi connectivity index (χ0v) is 10.9. The van der Waals surface area contributed by atoms with Crippen LogP contribution in [0.3, 0.4) is 0 Å². The number of hydrogen-bond donors (Lipinski definition) is 1. The average molecular weight is 212 g/mol. The Balaban J connectivity index is 2.36. The van der Waals surface area contributed by atoms with E-state index in [9.17, 15) is 0 Å². The van der Waals surface area contributed by atoms with Crippen molar-refractivity contribution in [3.63, 3.8) is 0 Å². The Bertz CT molecular complexity index is 179. The molecule has 90 valence electrons. The molecule has 1 rings (SSSR count). The number of rotatable bonds is 6. The van der Waals surface area contributed by atoms with Gasteiger partial charge in [-0.1, -0.05) is 20.8 Å². The molecule has 1 fully saturated rings. The maximum absolute atomic E-state index is 6.03. The van der Waals surface area contributed by atoms with Crippen molar-refractivity contribution in [1.29, 1.82) is 0 Å². The minimum absolute atomic E-state index is 0.433. The fourth-order valence-electron chi connectivity index (χ4n) is 2.51. The first kappa shape index (κ1) is 13.0. The van der Waals surface area contributed by atoms with Crippen molar-refractivity contribution in [2.75, 3.05) is 7.05 Å². The van der Waals surface area contributed by atoms with Crippen LogP contribution >= 0.6 is 0 Å². The predicted molar refractivity (Wildman–Crippen MR) is 66.9 cm³/mol. The quantitative estimate of drug-likeness (QED) is 0.733. The molecule has 2 heteroatoms. The van der Waals surface area contributed by atoms with Gasteiger partial charge in [-0.05, 0) is 45.1 Å². The maximum Gasteiger partial charge on any atom is 0.0247 e. The van der Waals surface area contributed by atoms with Gasteiger partial charge in [0.1, 0.15) is 0 Å². The predicted octanol–water partition coefficient (Wildman–Crippen LogP) is 2.62. The van der Waals surface area contributed by atoms with Crippen molar-refractivity contribution >= 4 is 0 Å². The van der Waals surface area contributed by atoms with E-state index >= 15 is 0 Å². The summed E-state index contributed by atoms with van der Waals surface area (Å²) in [5.41, 5.74) is 6.03. The molecule has 1 saturated carbocycles. The van der Waals surface area contributed by atoms with Crippen LogP contribution in [0.1, 0.15) is 52.9 Å². The van der Waals surface area contributed by atoms with Crippen molar-refractivity contribution in [2.24, 2.45) is 11.7 Å². The highest BCUT2D eigenvalue weighted by Gasteiger charge is 2.33. The van der Waals surface area contributed by atoms with E-state index in [0.717, 1.165) is 12.0 Å². The summed E-state index contributed by atoms with van der Waals surface area (Å²) >= 11 is 0. The van der Waals surface area contributed by atoms with Crippen molar-refractivity contribution in [3.05, 3.63) is 0 Å². The van der Waals surface area contributed by atoms with Gasteiger partial charge in [0, 0.05) is 18.1 Å². The van der Waals surface area contributed by atoms with Crippen molar-refractivity contribution in [2.45, 2.75) is 71.0 Å². The Kier molecular flexibility index (Phi) is 5.07. The molecule has 3 unspecified atom stereocenters. The maximum atomic E-state index is 6.03. The molecule has 0 heterocycles. The summed E-state index contributed by atoms with van der Waals surface area (Å²) < 4.78 is 0. The molecular formula is C13H28N2. The lowest BCUT2D eigenvalue weighted by atomic mass is 9.84. The molecule has 0 aromatic carbocycles. The summed E-state index contributed by atoms with van der Waals surface area (Å²) in [5, 5.41) is 0. The van der Waals surface area contributed by atoms with E-state index in [1.165, 1.54) is 32.1 Å². The second-order valence-electron chi connectivity index (χ2n) is 5.51. The third-order valence-corrected chi connectivity index (χ3v) is 3.94. The van der Waals surface area contributed by atoms with Crippen molar-refractivity contribution < 1.29 is 0 Å². The Labute approximate surface area is 95.2 Å². The van der Waals surface area contributed by atoms with Crippen LogP contribution < -0.4 is 5.73 Å². The molecule has 2 N–H and O–H groups in total. The number of hydrogen-bond acceptors (Lipinski definition) is 2. The Morgan fingerprint density at radius 1 is 1.27 bits per heavy atom. The summed E-state index contributed by atoms with van der Waals surface area (Å²) in [6.07, 6.45) is 6.44. The highest BCUT2D eigenvalue weighted by molar-refractivity contribution is 4.92. The van der Waals surface area contributed by atoms with Gasteiger partial charge in [-0.15, -0.1) is 0 Å². The molecule has 15 heavy (non-hydrogen) atoms. The van der Waals surface area contributed by atoms with Crippen LogP contribution in [0.5, 0.6) is 0 Å². The number of likely N-dealkylation sites (N-methyl/N-ethyl adjacent to an activating group) is 1. The first-order valence-corrected chi connectivity index (χ1v) is 6.53. The van der Waals surface area contributed by atoms with Gasteiger partial charge in [0.2, 0.25) is 0 Å². The van der Waals surface area contributed by atoms with Crippen LogP contribution in [0.2, 0.25) is 0 Å². The Hall–Kier alpha value is -0.0800. The summed E-state index contributed by atoms with van der Waals surface area (Å²) in [6.45, 7) is 6.91. The van der Waals surface area contributed by atoms with E-state index in [-0.39, 0.29) is 0 Å². The van der Waals surface area contributed by atoms with E-state index in [0.29, 0.717) is 12.1 Å². The third kappa shape index (κ3) is 3.46. The van der Waals surface area contributed by atoms with Gasteiger partial charge >= 0.3 is 0 Å². The first-order valence-electron chi connectivity index (χ1n) is 6.53. The monoisotopic (exact) mass is 212 g/mol. The van der Waals surface area contributed by atoms with Gasteiger partial charge in [0.05, 0.1) is 0 Å². The van der Waals surface area contributed by atoms with Crippen molar-refractivity contribution in [3.8, 4) is 0 Å². The van der Waals surface area contributed by atoms with Gasteiger partial charge < -0.3 is 5.73 Å². The minimum Gasteiger partial charge on any atom is -0.326 e. The highest BCUT2D eigenvalue weighted by atomic mass is 15.2. The molecule has 0 aromatic rings. The summed E-state index contributed by atoms with van der Waals surface area (Å²) in [7, 11) is 2.26. The topological polar surface area (TPSA) is 29.3 Å². The molecular weight excluding hydrogens is 184 g/mol. The largest absolute Gasteiger partial charge is 0.326 e. The SMILES string of the molecule is CCC(CCC(C)C)N(C)C1CCC1N. The molecule has 0 amide bonds. The highest BCUT2D eigenvalue weighted by Crippen LogP contribution is 2.27. The van der Waals surface area contributed by atoms with Crippen LogP contribution in [-0.4, -0.2) is 30.1 Å². The lowest BCUT2D eigenvalue weighted by Crippen LogP contribution is -2.56. The normalized spacial score (nSPS) is 28.2. The van der Waals surface area contributed by atoms with Crippen LogP contribution in [0.4, 0.5) is 0 Å². The summed E-state index contributed by atoms with van der Waals surface area (Å²) in [6, 6.07) is 1.83. The van der Waals surface area contributed by atoms with Gasteiger partial charge in [-0.3, -0.25) is 4.90 Å². The smallest absolute Gasteiger partial charge is 0.0247 e. The van der Waals surface area contributed by atoms with Crippen LogP contribution in [0, 0.1) is 5.92 Å². The van der Waals surface area contributed by atoms with Gasteiger partial charge in [0.15, 0.2) is 0 Å². The standard InChI is InChI=1S/C13H28N2/c1-5-11(7-6-10(2)3)15(4)13-9-8-12(13)14/h10-13H,5-9,14H2,1-4H3. The summed E-state index contributed by atoms with van der Waals surface area (Å²) in [5.74, 6) is 0.822. The molecule has 0 radical (unpaired) electrons. The lowest BCUT2D eigenvalue weighted by molar-refractivity contribution is 0.0796. The summed E-state index contributed by atoms with van der Waals surface area (Å²) in [4.78, 5) is 2.54. The Morgan fingerprint density at radius 2 is 1.93 bits per heavy atom. The lowest BCUT2D eigenvalue weighted by Gasteiger charge is -2.44. The first-order chi connectivity index (χ1) is 7.06. The molecule has 0 aliphatic heterocycles. The van der Waals surface area contributed by atoms with E-state index in [1.807, 2.05) is 0 Å². The third-order valence-electron chi connectivity index (χ3n) is 3.94. The molecule has 2 nitrogen and oxygen atoms in total. The molecule has 0 bridgehead atoms. The molecule has 1 aliphatic carbocycles. The van der Waals surface area contributed by atoms with Gasteiger partial charge in [0.25, 0.3) is 0 Å². The van der Waals surface area contributed by atoms with E-state index < -0.39 is 0 Å². The van der Waals surface area contributed by atoms with E-state index in [1.54, 1.807) is 0 Å². The fraction of sp³-hybridized carbons (Fsp3) is 1.00. The van der Waals surface area contributed by atoms with Crippen molar-refractivity contribution in [1.82, 2.24) is 4.90 Å². The van der Waals surface area contributed by atoms with E-state index in [2.05, 4.69) is 32.7 Å². The van der Waals surface area contributed by atoms with Crippen LogP contribution in [-0.2, 0) is 0 Å². The second-order valence-corrected chi connectivity index (χ2v) is 5.51. The number of nitrogens with two attached hydrogens (primary N) is 1. The minimum atomic E-state index is 0.433. The van der Waals surface area contributed by atoms with E-state index in [4.69, 9.17) is 5.73 Å². The number of nitrogens with zero attached hydrogens (tertiary/aromatic N) is 1.